The van der Waals surface area contributed by atoms with Gasteiger partial charge in [-0.15, -0.1) is 0 Å². The molecule has 0 saturated carbocycles. The van der Waals surface area contributed by atoms with E-state index in [1.807, 2.05) is 0 Å². The van der Waals surface area contributed by atoms with Gasteiger partial charge in [-0.05, 0) is 6.92 Å². The van der Waals surface area contributed by atoms with E-state index in [-0.39, 0.29) is 49.6 Å². The number of ketones is 1. The second-order valence-corrected chi connectivity index (χ2v) is 4.30. The number of hydrogen-bond acceptors (Lipinski definition) is 4. The van der Waals surface area contributed by atoms with Crippen molar-refractivity contribution in [3.05, 3.63) is 0 Å². The molecule has 1 aliphatic rings. The summed E-state index contributed by atoms with van der Waals surface area (Å²) in [5, 5.41) is 4.82. The Morgan fingerprint density at radius 2 is 2.00 bits per heavy atom. The molecule has 1 atom stereocenters. The molecule has 7 heteroatoms. The molecule has 1 fully saturated rings. The first-order chi connectivity index (χ1) is 8.41. The van der Waals surface area contributed by atoms with Gasteiger partial charge in [0.25, 0.3) is 0 Å². The lowest BCUT2D eigenvalue weighted by Gasteiger charge is -2.14. The first-order valence-electron chi connectivity index (χ1n) is 5.77. The van der Waals surface area contributed by atoms with E-state index in [1.54, 1.807) is 6.92 Å². The number of carbonyl (C=O) groups is 4. The molecule has 0 aromatic heterocycles. The van der Waals surface area contributed by atoms with Gasteiger partial charge < -0.3 is 10.6 Å². The molecule has 0 aromatic carbocycles. The van der Waals surface area contributed by atoms with E-state index in [0.717, 1.165) is 4.90 Å². The van der Waals surface area contributed by atoms with Gasteiger partial charge >= 0.3 is 6.03 Å². The van der Waals surface area contributed by atoms with E-state index in [1.165, 1.54) is 6.92 Å². The molecule has 100 valence electrons. The maximum absolute atomic E-state index is 11.5. The number of rotatable bonds is 5. The molecular weight excluding hydrogens is 238 g/mol. The normalized spacial score (nSPS) is 19.0. The molecule has 1 saturated heterocycles. The highest BCUT2D eigenvalue weighted by Gasteiger charge is 2.34. The molecule has 1 aliphatic heterocycles. The monoisotopic (exact) mass is 255 g/mol. The van der Waals surface area contributed by atoms with E-state index >= 15 is 0 Å². The Morgan fingerprint density at radius 1 is 1.33 bits per heavy atom. The van der Waals surface area contributed by atoms with Crippen LogP contribution in [0.15, 0.2) is 0 Å². The molecule has 4 amide bonds. The third-order valence-corrected chi connectivity index (χ3v) is 2.59. The smallest absolute Gasteiger partial charge is 0.315 e. The van der Waals surface area contributed by atoms with E-state index in [0.29, 0.717) is 0 Å². The number of Topliss-reactive ketones (excluding diaryl/α,β-unsaturated/α-hetero) is 1. The fraction of sp³-hybridized carbons (Fsp3) is 0.636. The summed E-state index contributed by atoms with van der Waals surface area (Å²) < 4.78 is 0. The van der Waals surface area contributed by atoms with Crippen molar-refractivity contribution in [3.8, 4) is 0 Å². The Kier molecular flexibility index (Phi) is 4.82. The van der Waals surface area contributed by atoms with Crippen LogP contribution in [-0.4, -0.2) is 48.2 Å². The number of carbonyl (C=O) groups excluding carboxylic acids is 4. The maximum Gasteiger partial charge on any atom is 0.315 e. The van der Waals surface area contributed by atoms with E-state index in [2.05, 4.69) is 10.6 Å². The van der Waals surface area contributed by atoms with E-state index in [9.17, 15) is 19.2 Å². The Balaban J connectivity index is 2.25. The highest BCUT2D eigenvalue weighted by molar-refractivity contribution is 6.03. The van der Waals surface area contributed by atoms with Crippen LogP contribution in [0.25, 0.3) is 0 Å². The van der Waals surface area contributed by atoms with Crippen LogP contribution in [0.3, 0.4) is 0 Å². The molecule has 0 aliphatic carbocycles. The fourth-order valence-corrected chi connectivity index (χ4v) is 1.63. The van der Waals surface area contributed by atoms with Gasteiger partial charge in [0.15, 0.2) is 0 Å². The molecular formula is C11H17N3O4. The molecule has 7 nitrogen and oxygen atoms in total. The summed E-state index contributed by atoms with van der Waals surface area (Å²) in [5.41, 5.74) is 0. The van der Waals surface area contributed by atoms with Crippen molar-refractivity contribution in [3.63, 3.8) is 0 Å². The Bertz CT molecular complexity index is 380. The minimum absolute atomic E-state index is 0.0373. The van der Waals surface area contributed by atoms with Gasteiger partial charge in [0.2, 0.25) is 11.8 Å². The Hall–Kier alpha value is -1.92. The van der Waals surface area contributed by atoms with Crippen LogP contribution in [0.1, 0.15) is 20.3 Å². The van der Waals surface area contributed by atoms with Crippen molar-refractivity contribution in [2.45, 2.75) is 20.3 Å². The standard InChI is InChI=1S/C11H17N3O4/c1-7-5-9(16)14(10(7)17)4-3-12-11(18)13-6-8(2)15/h7H,3-6H2,1-2H3,(H2,12,13,18). The van der Waals surface area contributed by atoms with Gasteiger partial charge in [0.05, 0.1) is 6.54 Å². The summed E-state index contributed by atoms with van der Waals surface area (Å²) in [6.07, 6.45) is 0.232. The number of nitrogens with zero attached hydrogens (tertiary/aromatic N) is 1. The van der Waals surface area contributed by atoms with Crippen molar-refractivity contribution < 1.29 is 19.2 Å². The van der Waals surface area contributed by atoms with Crippen molar-refractivity contribution in [2.75, 3.05) is 19.6 Å². The zero-order valence-electron chi connectivity index (χ0n) is 10.5. The molecule has 2 N–H and O–H groups in total. The van der Waals surface area contributed by atoms with E-state index < -0.39 is 6.03 Å². The second kappa shape index (κ2) is 6.13. The second-order valence-electron chi connectivity index (χ2n) is 4.30. The Morgan fingerprint density at radius 3 is 2.50 bits per heavy atom. The first kappa shape index (κ1) is 14.1. The minimum atomic E-state index is -0.489. The predicted octanol–water partition coefficient (Wildman–Crippen LogP) is -0.730. The van der Waals surface area contributed by atoms with Gasteiger partial charge in [0, 0.05) is 25.4 Å². The third-order valence-electron chi connectivity index (χ3n) is 2.59. The summed E-state index contributed by atoms with van der Waals surface area (Å²) in [6.45, 7) is 3.37. The summed E-state index contributed by atoms with van der Waals surface area (Å²) >= 11 is 0. The molecule has 0 radical (unpaired) electrons. The van der Waals surface area contributed by atoms with Crippen LogP contribution in [-0.2, 0) is 14.4 Å². The van der Waals surface area contributed by atoms with Crippen molar-refractivity contribution in [1.82, 2.24) is 15.5 Å². The average Bonchev–Trinajstić information content (AvgIpc) is 2.53. The van der Waals surface area contributed by atoms with E-state index in [4.69, 9.17) is 0 Å². The molecule has 0 aromatic rings. The summed E-state index contributed by atoms with van der Waals surface area (Å²) in [6, 6.07) is -0.489. The van der Waals surface area contributed by atoms with Crippen molar-refractivity contribution in [1.29, 1.82) is 0 Å². The molecule has 18 heavy (non-hydrogen) atoms. The van der Waals surface area contributed by atoms with Crippen molar-refractivity contribution >= 4 is 23.6 Å². The summed E-state index contributed by atoms with van der Waals surface area (Å²) in [4.78, 5) is 45.9. The quantitative estimate of drug-likeness (QED) is 0.633. The number of imide groups is 1. The lowest BCUT2D eigenvalue weighted by molar-refractivity contribution is -0.139. The summed E-state index contributed by atoms with van der Waals surface area (Å²) in [5.74, 6) is -0.836. The highest BCUT2D eigenvalue weighted by atomic mass is 16.2. The molecule has 0 bridgehead atoms. The van der Waals surface area contributed by atoms with Crippen LogP contribution in [0.5, 0.6) is 0 Å². The molecule has 0 spiro atoms. The molecule has 1 heterocycles. The van der Waals surface area contributed by atoms with Gasteiger partial charge in [-0.1, -0.05) is 6.92 Å². The number of hydrogen-bond donors (Lipinski definition) is 2. The predicted molar refractivity (Wildman–Crippen MR) is 62.6 cm³/mol. The number of nitrogens with one attached hydrogen (secondary N) is 2. The van der Waals surface area contributed by atoms with Crippen LogP contribution in [0.2, 0.25) is 0 Å². The van der Waals surface area contributed by atoms with Gasteiger partial charge in [-0.2, -0.15) is 0 Å². The van der Waals surface area contributed by atoms with Gasteiger partial charge in [-0.25, -0.2) is 4.79 Å². The minimum Gasteiger partial charge on any atom is -0.336 e. The van der Waals surface area contributed by atoms with Crippen LogP contribution in [0.4, 0.5) is 4.79 Å². The highest BCUT2D eigenvalue weighted by Crippen LogP contribution is 2.17. The number of amides is 4. The topological polar surface area (TPSA) is 95.6 Å². The van der Waals surface area contributed by atoms with Crippen molar-refractivity contribution in [2.24, 2.45) is 5.92 Å². The largest absolute Gasteiger partial charge is 0.336 e. The zero-order valence-corrected chi connectivity index (χ0v) is 10.5. The maximum atomic E-state index is 11.5. The molecule has 1 unspecified atom stereocenters. The zero-order chi connectivity index (χ0) is 13.7. The molecule has 1 rings (SSSR count). The SMILES string of the molecule is CC(=O)CNC(=O)NCCN1C(=O)CC(C)C1=O. The van der Waals surface area contributed by atoms with Crippen LogP contribution < -0.4 is 10.6 Å². The third kappa shape index (κ3) is 3.83. The lowest BCUT2D eigenvalue weighted by Crippen LogP contribution is -2.43. The average molecular weight is 255 g/mol. The Labute approximate surface area is 105 Å². The lowest BCUT2D eigenvalue weighted by atomic mass is 10.1. The van der Waals surface area contributed by atoms with Crippen LogP contribution in [0, 0.1) is 5.92 Å². The number of urea groups is 1. The fourth-order valence-electron chi connectivity index (χ4n) is 1.63. The van der Waals surface area contributed by atoms with Gasteiger partial charge in [-0.3, -0.25) is 19.3 Å². The first-order valence-corrected chi connectivity index (χ1v) is 5.77. The summed E-state index contributed by atoms with van der Waals surface area (Å²) in [7, 11) is 0. The number of likely N-dealkylation sites (tertiary alicyclic amines) is 1. The van der Waals surface area contributed by atoms with Crippen LogP contribution >= 0.6 is 0 Å². The van der Waals surface area contributed by atoms with Gasteiger partial charge in [0.1, 0.15) is 5.78 Å².